The van der Waals surface area contributed by atoms with Crippen molar-refractivity contribution in [3.05, 3.63) is 29.6 Å². The maximum absolute atomic E-state index is 13.4. The monoisotopic (exact) mass is 312 g/mol. The minimum absolute atomic E-state index is 0. The first-order valence-electron chi connectivity index (χ1n) is 5.79. The molecular weight excluding hydrogens is 300 g/mol. The molecule has 112 valence electrons. The zero-order valence-corrected chi connectivity index (χ0v) is 11.1. The van der Waals surface area contributed by atoms with E-state index in [4.69, 9.17) is 0 Å². The average Bonchev–Trinajstić information content (AvgIpc) is 2.84. The Bertz CT molecular complexity index is 487. The lowest BCUT2D eigenvalue weighted by Crippen LogP contribution is -2.35. The number of carbonyl (C=O) groups excluding carboxylic acids is 1. The second-order valence-electron chi connectivity index (χ2n) is 4.33. The summed E-state index contributed by atoms with van der Waals surface area (Å²) in [6.07, 6.45) is -3.17. The van der Waals surface area contributed by atoms with Crippen LogP contribution in [0.25, 0.3) is 0 Å². The van der Waals surface area contributed by atoms with E-state index in [9.17, 15) is 22.4 Å². The van der Waals surface area contributed by atoms with Gasteiger partial charge in [0.25, 0.3) is 0 Å². The molecule has 1 amide bonds. The van der Waals surface area contributed by atoms with Gasteiger partial charge < -0.3 is 10.6 Å². The van der Waals surface area contributed by atoms with E-state index in [-0.39, 0.29) is 12.4 Å². The van der Waals surface area contributed by atoms with Crippen LogP contribution in [-0.4, -0.2) is 18.5 Å². The van der Waals surface area contributed by atoms with Gasteiger partial charge in [0.1, 0.15) is 5.82 Å². The highest BCUT2D eigenvalue weighted by molar-refractivity contribution is 5.95. The summed E-state index contributed by atoms with van der Waals surface area (Å²) in [6, 6.07) is 1.45. The van der Waals surface area contributed by atoms with Crippen molar-refractivity contribution in [3.8, 4) is 0 Å². The molecule has 1 aliphatic heterocycles. The smallest absolute Gasteiger partial charge is 0.322 e. The zero-order chi connectivity index (χ0) is 14.0. The van der Waals surface area contributed by atoms with E-state index in [1.807, 2.05) is 0 Å². The number of halogens is 5. The van der Waals surface area contributed by atoms with Crippen molar-refractivity contribution >= 4 is 24.0 Å². The third-order valence-corrected chi connectivity index (χ3v) is 2.93. The molecule has 20 heavy (non-hydrogen) atoms. The van der Waals surface area contributed by atoms with E-state index in [0.29, 0.717) is 31.2 Å². The average molecular weight is 313 g/mol. The van der Waals surface area contributed by atoms with Crippen LogP contribution in [0.4, 0.5) is 23.2 Å². The molecule has 2 N–H and O–H groups in total. The zero-order valence-electron chi connectivity index (χ0n) is 10.3. The van der Waals surface area contributed by atoms with Crippen molar-refractivity contribution in [1.29, 1.82) is 0 Å². The molecule has 1 atom stereocenters. The summed E-state index contributed by atoms with van der Waals surface area (Å²) in [4.78, 5) is 11.7. The van der Waals surface area contributed by atoms with Gasteiger partial charge in [0.15, 0.2) is 0 Å². The van der Waals surface area contributed by atoms with Crippen molar-refractivity contribution in [1.82, 2.24) is 5.32 Å². The van der Waals surface area contributed by atoms with Gasteiger partial charge in [0, 0.05) is 0 Å². The number of rotatable bonds is 2. The molecule has 8 heteroatoms. The highest BCUT2D eigenvalue weighted by Gasteiger charge is 2.31. The summed E-state index contributed by atoms with van der Waals surface area (Å²) < 4.78 is 50.9. The molecule has 0 radical (unpaired) electrons. The summed E-state index contributed by atoms with van der Waals surface area (Å²) in [7, 11) is 0. The lowest BCUT2D eigenvalue weighted by Gasteiger charge is -2.13. The van der Waals surface area contributed by atoms with Gasteiger partial charge in [0.2, 0.25) is 5.91 Å². The Balaban J connectivity index is 0.00000200. The van der Waals surface area contributed by atoms with Crippen molar-refractivity contribution < 1.29 is 22.4 Å². The van der Waals surface area contributed by atoms with Crippen LogP contribution in [0, 0.1) is 5.82 Å². The van der Waals surface area contributed by atoms with Gasteiger partial charge in [-0.05, 0) is 37.6 Å². The number of carbonyl (C=O) groups is 1. The van der Waals surface area contributed by atoms with Gasteiger partial charge in [-0.1, -0.05) is 0 Å². The van der Waals surface area contributed by atoms with Crippen molar-refractivity contribution in [2.45, 2.75) is 25.1 Å². The van der Waals surface area contributed by atoms with Crippen LogP contribution in [0.5, 0.6) is 0 Å². The quantitative estimate of drug-likeness (QED) is 0.824. The Labute approximate surface area is 119 Å². The summed E-state index contributed by atoms with van der Waals surface area (Å²) in [5, 5.41) is 5.07. The fraction of sp³-hybridized carbons (Fsp3) is 0.417. The molecule has 0 aromatic heterocycles. The van der Waals surface area contributed by atoms with Crippen LogP contribution in [0.3, 0.4) is 0 Å². The van der Waals surface area contributed by atoms with E-state index in [1.54, 1.807) is 0 Å². The van der Waals surface area contributed by atoms with Gasteiger partial charge in [-0.15, -0.1) is 12.4 Å². The second-order valence-corrected chi connectivity index (χ2v) is 4.33. The molecule has 3 nitrogen and oxygen atoms in total. The van der Waals surface area contributed by atoms with E-state index in [2.05, 4.69) is 10.6 Å². The third-order valence-electron chi connectivity index (χ3n) is 2.93. The van der Waals surface area contributed by atoms with Crippen LogP contribution in [0.1, 0.15) is 18.4 Å². The Morgan fingerprint density at radius 1 is 1.35 bits per heavy atom. The molecule has 1 saturated heterocycles. The van der Waals surface area contributed by atoms with Gasteiger partial charge in [-0.3, -0.25) is 4.79 Å². The van der Waals surface area contributed by atoms with E-state index in [1.165, 1.54) is 0 Å². The minimum Gasteiger partial charge on any atom is -0.322 e. The van der Waals surface area contributed by atoms with E-state index < -0.39 is 35.2 Å². The first-order chi connectivity index (χ1) is 8.88. The summed E-state index contributed by atoms with van der Waals surface area (Å²) in [6.45, 7) is 0.670. The number of alkyl halides is 3. The number of hydrogen-bond acceptors (Lipinski definition) is 2. The van der Waals surface area contributed by atoms with Crippen molar-refractivity contribution in [3.63, 3.8) is 0 Å². The SMILES string of the molecule is Cl.O=C(Nc1cc(C(F)(F)F)ccc1F)[C@@H]1CCCN1. The van der Waals surface area contributed by atoms with Gasteiger partial charge in [-0.2, -0.15) is 13.2 Å². The molecule has 0 bridgehead atoms. The fourth-order valence-electron chi connectivity index (χ4n) is 1.93. The van der Waals surface area contributed by atoms with Crippen LogP contribution in [-0.2, 0) is 11.0 Å². The standard InChI is InChI=1S/C12H12F4N2O.ClH/c13-8-4-3-7(12(14,15)16)6-10(8)18-11(19)9-2-1-5-17-9;/h3-4,6,9,17H,1-2,5H2,(H,18,19);1H/t9-;/m0./s1. The maximum atomic E-state index is 13.4. The molecule has 0 unspecified atom stereocenters. The molecule has 1 fully saturated rings. The van der Waals surface area contributed by atoms with Gasteiger partial charge in [-0.25, -0.2) is 4.39 Å². The lowest BCUT2D eigenvalue weighted by atomic mass is 10.1. The van der Waals surface area contributed by atoms with Crippen LogP contribution >= 0.6 is 12.4 Å². The number of amides is 1. The molecule has 0 spiro atoms. The number of nitrogens with one attached hydrogen (secondary N) is 2. The number of benzene rings is 1. The van der Waals surface area contributed by atoms with Gasteiger partial charge >= 0.3 is 6.18 Å². The first kappa shape index (κ1) is 16.7. The highest BCUT2D eigenvalue weighted by atomic mass is 35.5. The maximum Gasteiger partial charge on any atom is 0.416 e. The lowest BCUT2D eigenvalue weighted by molar-refractivity contribution is -0.137. The Kier molecular flexibility index (Phi) is 5.35. The largest absolute Gasteiger partial charge is 0.416 e. The number of hydrogen-bond donors (Lipinski definition) is 2. The van der Waals surface area contributed by atoms with E-state index in [0.717, 1.165) is 6.42 Å². The van der Waals surface area contributed by atoms with Gasteiger partial charge in [0.05, 0.1) is 17.3 Å². The second kappa shape index (κ2) is 6.41. The van der Waals surface area contributed by atoms with E-state index >= 15 is 0 Å². The van der Waals surface area contributed by atoms with Crippen LogP contribution in [0.15, 0.2) is 18.2 Å². The Morgan fingerprint density at radius 2 is 2.05 bits per heavy atom. The summed E-state index contributed by atoms with van der Waals surface area (Å²) >= 11 is 0. The molecule has 1 heterocycles. The molecular formula is C12H13ClF4N2O. The molecule has 1 aromatic rings. The molecule has 2 rings (SSSR count). The van der Waals surface area contributed by atoms with Crippen molar-refractivity contribution in [2.75, 3.05) is 11.9 Å². The normalized spacial score (nSPS) is 18.5. The molecule has 0 saturated carbocycles. The predicted molar refractivity (Wildman–Crippen MR) is 68.3 cm³/mol. The Morgan fingerprint density at radius 3 is 2.60 bits per heavy atom. The summed E-state index contributed by atoms with van der Waals surface area (Å²) in [5.41, 5.74) is -1.45. The fourth-order valence-corrected chi connectivity index (χ4v) is 1.93. The Hall–Kier alpha value is -1.34. The highest BCUT2D eigenvalue weighted by Crippen LogP contribution is 2.31. The topological polar surface area (TPSA) is 41.1 Å². The molecule has 0 aliphatic carbocycles. The first-order valence-corrected chi connectivity index (χ1v) is 5.79. The minimum atomic E-state index is -4.57. The molecule has 1 aromatic carbocycles. The van der Waals surface area contributed by atoms with Crippen LogP contribution < -0.4 is 10.6 Å². The predicted octanol–water partition coefficient (Wildman–Crippen LogP) is 2.96. The number of anilines is 1. The third kappa shape index (κ3) is 3.83. The van der Waals surface area contributed by atoms with Crippen LogP contribution in [0.2, 0.25) is 0 Å². The summed E-state index contributed by atoms with van der Waals surface area (Å²) in [5.74, 6) is -1.41. The molecule has 1 aliphatic rings. The van der Waals surface area contributed by atoms with Crippen molar-refractivity contribution in [2.24, 2.45) is 0 Å².